The molecule has 7 nitrogen and oxygen atoms in total. The average molecular weight is 459 g/mol. The molecule has 174 valence electrons. The number of hydrogen-bond acceptors (Lipinski definition) is 6. The first-order chi connectivity index (χ1) is 15.1. The van der Waals surface area contributed by atoms with Gasteiger partial charge in [0.05, 0.1) is 28.2 Å². The number of carbonyl (C=O) groups is 2. The summed E-state index contributed by atoms with van der Waals surface area (Å²) in [5.74, 6) is -0.373. The van der Waals surface area contributed by atoms with E-state index in [1.807, 2.05) is 64.4 Å². The predicted molar refractivity (Wildman–Crippen MR) is 127 cm³/mol. The summed E-state index contributed by atoms with van der Waals surface area (Å²) in [6.45, 7) is 11.1. The maximum Gasteiger partial charge on any atom is 0.243 e. The number of carbonyl (C=O) groups excluding carboxylic acids is 2. The van der Waals surface area contributed by atoms with Crippen LogP contribution in [-0.2, 0) is 16.1 Å². The topological polar surface area (TPSA) is 94.6 Å². The number of aromatic nitrogens is 1. The Labute approximate surface area is 194 Å². The van der Waals surface area contributed by atoms with Crippen molar-refractivity contribution in [2.24, 2.45) is 5.41 Å². The largest absolute Gasteiger partial charge is 0.391 e. The normalized spacial score (nSPS) is 19.8. The van der Waals surface area contributed by atoms with E-state index in [9.17, 15) is 14.7 Å². The third kappa shape index (κ3) is 5.54. The Balaban J connectivity index is 1.65. The average Bonchev–Trinajstić information content (AvgIpc) is 3.35. The number of benzene rings is 1. The van der Waals surface area contributed by atoms with Crippen LogP contribution in [0.1, 0.15) is 45.4 Å². The lowest BCUT2D eigenvalue weighted by molar-refractivity contribution is -0.142. The maximum absolute atomic E-state index is 13.3. The van der Waals surface area contributed by atoms with Crippen molar-refractivity contribution in [3.8, 4) is 10.4 Å². The minimum absolute atomic E-state index is 0.139. The fraction of sp³-hybridized carbons (Fsp3) is 0.542. The van der Waals surface area contributed by atoms with Crippen molar-refractivity contribution >= 4 is 23.2 Å². The second-order valence-corrected chi connectivity index (χ2v) is 10.3. The van der Waals surface area contributed by atoms with Gasteiger partial charge in [-0.2, -0.15) is 0 Å². The van der Waals surface area contributed by atoms with E-state index >= 15 is 0 Å². The first kappa shape index (κ1) is 24.4. The zero-order chi connectivity index (χ0) is 23.5. The molecular weight excluding hydrogens is 424 g/mol. The van der Waals surface area contributed by atoms with Gasteiger partial charge in [-0.25, -0.2) is 4.98 Å². The Kier molecular flexibility index (Phi) is 7.69. The summed E-state index contributed by atoms with van der Waals surface area (Å²) < 4.78 is 0. The summed E-state index contributed by atoms with van der Waals surface area (Å²) in [4.78, 5) is 33.2. The molecule has 0 bridgehead atoms. The number of aliphatic hydroxyl groups excluding tert-OH is 1. The van der Waals surface area contributed by atoms with E-state index in [-0.39, 0.29) is 30.2 Å². The van der Waals surface area contributed by atoms with Crippen molar-refractivity contribution in [1.29, 1.82) is 0 Å². The Hall–Kier alpha value is -2.29. The van der Waals surface area contributed by atoms with Gasteiger partial charge in [-0.05, 0) is 30.0 Å². The Morgan fingerprint density at radius 3 is 2.53 bits per heavy atom. The second kappa shape index (κ2) is 10.1. The number of likely N-dealkylation sites (N-methyl/N-ethyl adjacent to an activating group) is 1. The molecule has 2 amide bonds. The highest BCUT2D eigenvalue weighted by atomic mass is 32.1. The number of aliphatic hydroxyl groups is 1. The zero-order valence-corrected chi connectivity index (χ0v) is 20.3. The molecule has 2 aromatic rings. The molecule has 0 aliphatic carbocycles. The van der Waals surface area contributed by atoms with Crippen molar-refractivity contribution < 1.29 is 14.7 Å². The molecule has 8 heteroatoms. The molecule has 1 aromatic heterocycles. The van der Waals surface area contributed by atoms with E-state index in [1.165, 1.54) is 4.90 Å². The van der Waals surface area contributed by atoms with E-state index in [1.54, 1.807) is 11.3 Å². The molecule has 3 N–H and O–H groups in total. The Bertz CT molecular complexity index is 935. The Morgan fingerprint density at radius 1 is 1.28 bits per heavy atom. The molecule has 32 heavy (non-hydrogen) atoms. The van der Waals surface area contributed by atoms with Gasteiger partial charge in [0, 0.05) is 19.5 Å². The summed E-state index contributed by atoms with van der Waals surface area (Å²) in [5, 5.41) is 16.4. The monoisotopic (exact) mass is 458 g/mol. The number of nitrogens with zero attached hydrogens (tertiary/aromatic N) is 2. The molecule has 0 saturated carbocycles. The lowest BCUT2D eigenvalue weighted by Gasteiger charge is -2.35. The predicted octanol–water partition coefficient (Wildman–Crippen LogP) is 2.72. The fourth-order valence-corrected chi connectivity index (χ4v) is 4.91. The molecule has 1 saturated heterocycles. The fourth-order valence-electron chi connectivity index (χ4n) is 4.10. The molecule has 3 rings (SSSR count). The third-order valence-corrected chi connectivity index (χ3v) is 6.79. The van der Waals surface area contributed by atoms with Crippen LogP contribution in [0, 0.1) is 12.3 Å². The maximum atomic E-state index is 13.3. The van der Waals surface area contributed by atoms with Gasteiger partial charge in [-0.3, -0.25) is 9.59 Å². The van der Waals surface area contributed by atoms with Gasteiger partial charge >= 0.3 is 0 Å². The lowest BCUT2D eigenvalue weighted by atomic mass is 9.85. The van der Waals surface area contributed by atoms with Crippen LogP contribution in [0.3, 0.4) is 0 Å². The third-order valence-electron chi connectivity index (χ3n) is 5.81. The van der Waals surface area contributed by atoms with E-state index in [2.05, 4.69) is 15.6 Å². The number of hydrogen-bond donors (Lipinski definition) is 3. The molecule has 0 radical (unpaired) electrons. The van der Waals surface area contributed by atoms with Crippen LogP contribution in [0.25, 0.3) is 10.4 Å². The first-order valence-electron chi connectivity index (χ1n) is 11.1. The highest BCUT2D eigenvalue weighted by Crippen LogP contribution is 2.28. The van der Waals surface area contributed by atoms with Gasteiger partial charge in [-0.1, -0.05) is 52.0 Å². The van der Waals surface area contributed by atoms with Crippen LogP contribution in [0.5, 0.6) is 0 Å². The van der Waals surface area contributed by atoms with E-state index in [0.29, 0.717) is 13.1 Å². The molecule has 0 spiro atoms. The van der Waals surface area contributed by atoms with Crippen LogP contribution >= 0.6 is 11.3 Å². The minimum atomic E-state index is -0.695. The van der Waals surface area contributed by atoms with Gasteiger partial charge in [0.15, 0.2) is 0 Å². The van der Waals surface area contributed by atoms with Crippen LogP contribution in [0.4, 0.5) is 0 Å². The van der Waals surface area contributed by atoms with E-state index in [4.69, 9.17) is 0 Å². The van der Waals surface area contributed by atoms with Crippen LogP contribution in [-0.4, -0.2) is 58.1 Å². The van der Waals surface area contributed by atoms with Crippen molar-refractivity contribution in [2.75, 3.05) is 13.1 Å². The lowest BCUT2D eigenvalue weighted by Crippen LogP contribution is -2.56. The molecule has 1 aromatic carbocycles. The van der Waals surface area contributed by atoms with Crippen LogP contribution in [0.2, 0.25) is 0 Å². The van der Waals surface area contributed by atoms with E-state index in [0.717, 1.165) is 21.7 Å². The van der Waals surface area contributed by atoms with Crippen molar-refractivity contribution in [3.05, 3.63) is 41.0 Å². The Morgan fingerprint density at radius 2 is 1.97 bits per heavy atom. The van der Waals surface area contributed by atoms with Crippen LogP contribution < -0.4 is 10.6 Å². The minimum Gasteiger partial charge on any atom is -0.391 e. The molecule has 1 unspecified atom stereocenters. The summed E-state index contributed by atoms with van der Waals surface area (Å²) in [6, 6.07) is 6.95. The van der Waals surface area contributed by atoms with Crippen LogP contribution in [0.15, 0.2) is 29.8 Å². The smallest absolute Gasteiger partial charge is 0.243 e. The van der Waals surface area contributed by atoms with Gasteiger partial charge in [0.25, 0.3) is 0 Å². The zero-order valence-electron chi connectivity index (χ0n) is 19.5. The molecule has 1 fully saturated rings. The SMILES string of the molecule is CCN[C@H](C(=O)N1CC(O)C[C@H]1C(=O)NCc1ccc(-c2scnc2C)cc1)C(C)(C)C. The van der Waals surface area contributed by atoms with Crippen molar-refractivity contribution in [2.45, 2.75) is 65.8 Å². The van der Waals surface area contributed by atoms with Gasteiger partial charge in [-0.15, -0.1) is 11.3 Å². The van der Waals surface area contributed by atoms with E-state index < -0.39 is 18.2 Å². The number of thiazole rings is 1. The number of amides is 2. The highest BCUT2D eigenvalue weighted by molar-refractivity contribution is 7.13. The number of rotatable bonds is 7. The standard InChI is InChI=1S/C24H34N4O3S/c1-6-25-21(24(3,4)5)23(31)28-13-18(29)11-19(28)22(30)26-12-16-7-9-17(10-8-16)20-15(2)27-14-32-20/h7-10,14,18-19,21,25,29H,6,11-13H2,1-5H3,(H,26,30)/t18?,19-,21+/m0/s1. The number of nitrogens with one attached hydrogen (secondary N) is 2. The summed E-state index contributed by atoms with van der Waals surface area (Å²) in [6.07, 6.45) is -0.441. The summed E-state index contributed by atoms with van der Waals surface area (Å²) in [7, 11) is 0. The molecular formula is C24H34N4O3S. The molecule has 3 atom stereocenters. The second-order valence-electron chi connectivity index (χ2n) is 9.43. The molecule has 2 heterocycles. The van der Waals surface area contributed by atoms with Crippen molar-refractivity contribution in [1.82, 2.24) is 20.5 Å². The first-order valence-corrected chi connectivity index (χ1v) is 12.0. The molecule has 1 aliphatic rings. The number of aryl methyl sites for hydroxylation is 1. The van der Waals surface area contributed by atoms with Gasteiger partial charge in [0.2, 0.25) is 11.8 Å². The quantitative estimate of drug-likeness (QED) is 0.593. The number of likely N-dealkylation sites (tertiary alicyclic amines) is 1. The van der Waals surface area contributed by atoms with Gasteiger partial charge in [0.1, 0.15) is 6.04 Å². The summed E-state index contributed by atoms with van der Waals surface area (Å²) in [5.41, 5.74) is 4.61. The molecule has 1 aliphatic heterocycles. The van der Waals surface area contributed by atoms with Crippen molar-refractivity contribution in [3.63, 3.8) is 0 Å². The highest BCUT2D eigenvalue weighted by Gasteiger charge is 2.43. The number of β-amino-alcohol motifs (C(OH)–C–C–N with tert-alkyl or cyclic N) is 1. The summed E-state index contributed by atoms with van der Waals surface area (Å²) >= 11 is 1.61. The van der Waals surface area contributed by atoms with Gasteiger partial charge < -0.3 is 20.6 Å².